The van der Waals surface area contributed by atoms with E-state index in [-0.39, 0.29) is 5.91 Å². The van der Waals surface area contributed by atoms with Crippen LogP contribution in [0, 0.1) is 0 Å². The Balaban J connectivity index is 1.82. The molecule has 0 unspecified atom stereocenters. The summed E-state index contributed by atoms with van der Waals surface area (Å²) < 4.78 is 0.622. The fourth-order valence-electron chi connectivity index (χ4n) is 2.13. The lowest BCUT2D eigenvalue weighted by molar-refractivity contribution is 0.102. The Morgan fingerprint density at radius 3 is 3.05 bits per heavy atom. The normalized spacial score (nSPS) is 13.3. The van der Waals surface area contributed by atoms with Crippen LogP contribution in [0.3, 0.4) is 0 Å². The molecule has 0 saturated carbocycles. The highest BCUT2D eigenvalue weighted by atomic mass is 79.9. The van der Waals surface area contributed by atoms with E-state index >= 15 is 0 Å². The highest BCUT2D eigenvalue weighted by molar-refractivity contribution is 9.10. The molecular formula is C13H12BrN3OS. The van der Waals surface area contributed by atoms with Crippen LogP contribution in [-0.4, -0.2) is 10.9 Å². The number of hydrogen-bond acceptors (Lipinski definition) is 4. The van der Waals surface area contributed by atoms with Crippen LogP contribution in [0.4, 0.5) is 10.8 Å². The van der Waals surface area contributed by atoms with Crippen molar-refractivity contribution in [3.05, 3.63) is 38.8 Å². The van der Waals surface area contributed by atoms with E-state index < -0.39 is 0 Å². The molecule has 1 aliphatic rings. The lowest BCUT2D eigenvalue weighted by atomic mass is 10.2. The van der Waals surface area contributed by atoms with E-state index in [0.29, 0.717) is 20.9 Å². The molecule has 0 aliphatic heterocycles. The molecule has 6 heteroatoms. The van der Waals surface area contributed by atoms with Crippen molar-refractivity contribution in [2.24, 2.45) is 0 Å². The fourth-order valence-corrected chi connectivity index (χ4v) is 3.62. The van der Waals surface area contributed by atoms with Crippen LogP contribution in [0.25, 0.3) is 0 Å². The number of benzene rings is 1. The van der Waals surface area contributed by atoms with Crippen LogP contribution >= 0.6 is 27.3 Å². The lowest BCUT2D eigenvalue weighted by Gasteiger charge is -2.06. The number of amides is 1. The van der Waals surface area contributed by atoms with Crippen molar-refractivity contribution < 1.29 is 4.79 Å². The maximum atomic E-state index is 12.2. The average molecular weight is 338 g/mol. The zero-order valence-corrected chi connectivity index (χ0v) is 12.5. The highest BCUT2D eigenvalue weighted by Gasteiger charge is 2.19. The molecule has 0 radical (unpaired) electrons. The monoisotopic (exact) mass is 337 g/mol. The van der Waals surface area contributed by atoms with E-state index in [4.69, 9.17) is 5.73 Å². The molecule has 1 aliphatic carbocycles. The highest BCUT2D eigenvalue weighted by Crippen LogP contribution is 2.31. The van der Waals surface area contributed by atoms with E-state index in [0.717, 1.165) is 18.5 Å². The summed E-state index contributed by atoms with van der Waals surface area (Å²) in [5, 5.41) is 3.51. The second-order valence-corrected chi connectivity index (χ2v) is 6.28. The third kappa shape index (κ3) is 2.37. The molecule has 98 valence electrons. The summed E-state index contributed by atoms with van der Waals surface area (Å²) in [4.78, 5) is 17.9. The molecule has 0 atom stereocenters. The number of halogens is 1. The minimum absolute atomic E-state index is 0.188. The predicted molar refractivity (Wildman–Crippen MR) is 80.6 cm³/mol. The van der Waals surface area contributed by atoms with Crippen LogP contribution in [0.15, 0.2) is 22.7 Å². The Kier molecular flexibility index (Phi) is 3.28. The Hall–Kier alpha value is -1.40. The van der Waals surface area contributed by atoms with Crippen LogP contribution in [0.2, 0.25) is 0 Å². The third-order valence-corrected chi connectivity index (χ3v) is 5.05. The lowest BCUT2D eigenvalue weighted by Crippen LogP contribution is -2.13. The number of fused-ring (bicyclic) bond motifs is 1. The van der Waals surface area contributed by atoms with Crippen molar-refractivity contribution in [1.29, 1.82) is 0 Å². The number of rotatable bonds is 2. The SMILES string of the molecule is Nc1cccc(C(=O)Nc2nc3c(s2)CCC3)c1Br. The minimum Gasteiger partial charge on any atom is -0.398 e. The van der Waals surface area contributed by atoms with Gasteiger partial charge in [-0.1, -0.05) is 6.07 Å². The number of aromatic nitrogens is 1. The zero-order chi connectivity index (χ0) is 13.4. The molecule has 1 aromatic carbocycles. The number of hydrogen-bond donors (Lipinski definition) is 2. The molecule has 1 heterocycles. The number of nitrogens with one attached hydrogen (secondary N) is 1. The van der Waals surface area contributed by atoms with Gasteiger partial charge in [-0.25, -0.2) is 4.98 Å². The van der Waals surface area contributed by atoms with E-state index in [2.05, 4.69) is 26.2 Å². The average Bonchev–Trinajstić information content (AvgIpc) is 2.93. The largest absolute Gasteiger partial charge is 0.398 e. The Bertz CT molecular complexity index is 632. The van der Waals surface area contributed by atoms with Gasteiger partial charge >= 0.3 is 0 Å². The first-order valence-corrected chi connectivity index (χ1v) is 7.60. The molecule has 0 saturated heterocycles. The van der Waals surface area contributed by atoms with Gasteiger partial charge < -0.3 is 5.73 Å². The number of thiazole rings is 1. The first-order chi connectivity index (χ1) is 9.15. The fraction of sp³-hybridized carbons (Fsp3) is 0.231. The standard InChI is InChI=1S/C13H12BrN3OS/c14-11-7(3-1-4-8(11)15)12(18)17-13-16-9-5-2-6-10(9)19-13/h1,3-4H,2,5-6,15H2,(H,16,17,18). The number of nitrogens with zero attached hydrogens (tertiary/aromatic N) is 1. The van der Waals surface area contributed by atoms with Crippen LogP contribution in [-0.2, 0) is 12.8 Å². The Labute approximate surface area is 123 Å². The van der Waals surface area contributed by atoms with Gasteiger partial charge in [-0.05, 0) is 47.3 Å². The molecule has 3 rings (SSSR count). The summed E-state index contributed by atoms with van der Waals surface area (Å²) >= 11 is 4.90. The van der Waals surface area contributed by atoms with Gasteiger partial charge in [0.25, 0.3) is 5.91 Å². The second-order valence-electron chi connectivity index (χ2n) is 4.41. The van der Waals surface area contributed by atoms with E-state index in [1.807, 2.05) is 0 Å². The van der Waals surface area contributed by atoms with Gasteiger partial charge in [0, 0.05) is 10.6 Å². The topological polar surface area (TPSA) is 68.0 Å². The molecule has 2 aromatic rings. The van der Waals surface area contributed by atoms with Crippen molar-refractivity contribution in [2.45, 2.75) is 19.3 Å². The summed E-state index contributed by atoms with van der Waals surface area (Å²) in [6, 6.07) is 5.24. The number of aryl methyl sites for hydroxylation is 2. The molecule has 1 amide bonds. The van der Waals surface area contributed by atoms with Crippen LogP contribution < -0.4 is 11.1 Å². The van der Waals surface area contributed by atoms with Crippen molar-refractivity contribution in [3.63, 3.8) is 0 Å². The van der Waals surface area contributed by atoms with Gasteiger partial charge in [-0.15, -0.1) is 11.3 Å². The first-order valence-electron chi connectivity index (χ1n) is 5.99. The predicted octanol–water partition coefficient (Wildman–Crippen LogP) is 3.23. The van der Waals surface area contributed by atoms with Gasteiger partial charge in [-0.3, -0.25) is 10.1 Å². The van der Waals surface area contributed by atoms with Gasteiger partial charge in [0.1, 0.15) is 0 Å². The maximum Gasteiger partial charge on any atom is 0.258 e. The van der Waals surface area contributed by atoms with Gasteiger partial charge in [0.05, 0.1) is 15.7 Å². The summed E-state index contributed by atoms with van der Waals surface area (Å²) in [5.74, 6) is -0.188. The van der Waals surface area contributed by atoms with Crippen LogP contribution in [0.5, 0.6) is 0 Å². The van der Waals surface area contributed by atoms with Crippen molar-refractivity contribution in [2.75, 3.05) is 11.1 Å². The van der Waals surface area contributed by atoms with E-state index in [1.54, 1.807) is 29.5 Å². The zero-order valence-electron chi connectivity index (χ0n) is 10.1. The molecule has 3 N–H and O–H groups in total. The molecule has 0 fully saturated rings. The van der Waals surface area contributed by atoms with Gasteiger partial charge in [-0.2, -0.15) is 0 Å². The quantitative estimate of drug-likeness (QED) is 0.826. The smallest absolute Gasteiger partial charge is 0.258 e. The summed E-state index contributed by atoms with van der Waals surface area (Å²) in [7, 11) is 0. The number of carbonyl (C=O) groups is 1. The van der Waals surface area contributed by atoms with Crippen molar-refractivity contribution in [3.8, 4) is 0 Å². The third-order valence-electron chi connectivity index (χ3n) is 3.09. The van der Waals surface area contributed by atoms with Crippen molar-refractivity contribution >= 4 is 44.0 Å². The number of anilines is 2. The molecule has 0 spiro atoms. The molecule has 19 heavy (non-hydrogen) atoms. The van der Waals surface area contributed by atoms with Gasteiger partial charge in [0.15, 0.2) is 5.13 Å². The van der Waals surface area contributed by atoms with Gasteiger partial charge in [0.2, 0.25) is 0 Å². The first kappa shape index (κ1) is 12.6. The van der Waals surface area contributed by atoms with E-state index in [1.165, 1.54) is 11.3 Å². The number of carbonyl (C=O) groups excluding carboxylic acids is 1. The maximum absolute atomic E-state index is 12.2. The molecule has 0 bridgehead atoms. The molecule has 1 aromatic heterocycles. The summed E-state index contributed by atoms with van der Waals surface area (Å²) in [6.07, 6.45) is 3.26. The summed E-state index contributed by atoms with van der Waals surface area (Å²) in [6.45, 7) is 0. The number of nitrogen functional groups attached to an aromatic ring is 1. The minimum atomic E-state index is -0.188. The second kappa shape index (κ2) is 4.94. The van der Waals surface area contributed by atoms with Crippen molar-refractivity contribution in [1.82, 2.24) is 4.98 Å². The Morgan fingerprint density at radius 1 is 1.42 bits per heavy atom. The number of nitrogens with two attached hydrogens (primary N) is 1. The summed E-state index contributed by atoms with van der Waals surface area (Å²) in [5.41, 5.74) is 7.98. The Morgan fingerprint density at radius 2 is 2.26 bits per heavy atom. The molecule has 4 nitrogen and oxygen atoms in total. The van der Waals surface area contributed by atoms with E-state index in [9.17, 15) is 4.79 Å². The van der Waals surface area contributed by atoms with Crippen LogP contribution in [0.1, 0.15) is 27.3 Å². The molecular weight excluding hydrogens is 326 g/mol.